The summed E-state index contributed by atoms with van der Waals surface area (Å²) in [5.74, 6) is -0.621. The highest BCUT2D eigenvalue weighted by Crippen LogP contribution is 2.09. The normalized spacial score (nSPS) is 10.2. The lowest BCUT2D eigenvalue weighted by atomic mass is 10.7. The van der Waals surface area contributed by atoms with E-state index in [0.717, 1.165) is 6.08 Å². The molecule has 0 N–H and O–H groups in total. The molecule has 5 nitrogen and oxygen atoms in total. The fourth-order valence-corrected chi connectivity index (χ4v) is 1.97. The van der Waals surface area contributed by atoms with Crippen molar-refractivity contribution in [1.82, 2.24) is 0 Å². The molecule has 0 aliphatic carbocycles. The Labute approximate surface area is 89.5 Å². The molecule has 0 aliphatic rings. The van der Waals surface area contributed by atoms with Crippen molar-refractivity contribution in [3.8, 4) is 0 Å². The molecule has 7 heteroatoms. The van der Waals surface area contributed by atoms with Crippen molar-refractivity contribution in [2.24, 2.45) is 0 Å². The highest BCUT2D eigenvalue weighted by atomic mass is 28.4. The summed E-state index contributed by atoms with van der Waals surface area (Å²) in [6.07, 6.45) is 1.03. The van der Waals surface area contributed by atoms with Gasteiger partial charge in [0.15, 0.2) is 0 Å². The fraction of sp³-hybridized carbons (Fsp3) is 0.571. The molecular formula is C7H18O5Si2. The van der Waals surface area contributed by atoms with Gasteiger partial charge in [-0.05, 0) is 17.9 Å². The predicted octanol–water partition coefficient (Wildman–Crippen LogP) is -0.971. The topological polar surface area (TPSA) is 54.0 Å². The van der Waals surface area contributed by atoms with E-state index in [1.54, 1.807) is 6.92 Å². The van der Waals surface area contributed by atoms with Crippen molar-refractivity contribution >= 4 is 26.0 Å². The standard InChI is InChI=1S/C7H14O5Si.H4Si/c1-5-7(8)12-13(9-3,10-4)11-6-2;/h5H,1,6H2,2-4H3;1H4. The van der Waals surface area contributed by atoms with Crippen LogP contribution in [0.4, 0.5) is 0 Å². The van der Waals surface area contributed by atoms with Crippen molar-refractivity contribution in [3.05, 3.63) is 12.7 Å². The van der Waals surface area contributed by atoms with E-state index in [2.05, 4.69) is 6.58 Å². The van der Waals surface area contributed by atoms with Crippen molar-refractivity contribution < 1.29 is 22.5 Å². The van der Waals surface area contributed by atoms with Crippen LogP contribution in [0.3, 0.4) is 0 Å². The van der Waals surface area contributed by atoms with Gasteiger partial charge < -0.3 is 17.7 Å². The van der Waals surface area contributed by atoms with Gasteiger partial charge in [-0.15, -0.1) is 0 Å². The van der Waals surface area contributed by atoms with E-state index in [-0.39, 0.29) is 11.0 Å². The SMILES string of the molecule is C=CC(=O)O[Si](OC)(OC)OCC.[SiH4]. The minimum atomic E-state index is -3.25. The Bertz CT molecular complexity index is 181. The molecule has 0 aromatic heterocycles. The Balaban J connectivity index is 0. The van der Waals surface area contributed by atoms with Crippen LogP contribution in [0.2, 0.25) is 0 Å². The summed E-state index contributed by atoms with van der Waals surface area (Å²) >= 11 is 0. The molecule has 0 heterocycles. The first-order valence-corrected chi connectivity index (χ1v) is 5.37. The number of rotatable bonds is 6. The van der Waals surface area contributed by atoms with E-state index in [1.165, 1.54) is 14.2 Å². The van der Waals surface area contributed by atoms with Gasteiger partial charge in [-0.25, -0.2) is 4.79 Å². The van der Waals surface area contributed by atoms with E-state index >= 15 is 0 Å². The Morgan fingerprint density at radius 3 is 2.21 bits per heavy atom. The van der Waals surface area contributed by atoms with Gasteiger partial charge in [-0.2, -0.15) is 0 Å². The predicted molar refractivity (Wildman–Crippen MR) is 59.0 cm³/mol. The molecule has 0 aromatic rings. The minimum absolute atomic E-state index is 0. The molecule has 14 heavy (non-hydrogen) atoms. The van der Waals surface area contributed by atoms with E-state index in [1.807, 2.05) is 0 Å². The molecule has 0 amide bonds. The molecular weight excluding hydrogens is 220 g/mol. The molecule has 0 fully saturated rings. The molecule has 0 aliphatic heterocycles. The molecule has 0 saturated heterocycles. The zero-order chi connectivity index (χ0) is 10.3. The van der Waals surface area contributed by atoms with E-state index in [4.69, 9.17) is 17.7 Å². The lowest BCUT2D eigenvalue weighted by molar-refractivity contribution is -0.137. The Morgan fingerprint density at radius 2 is 1.93 bits per heavy atom. The van der Waals surface area contributed by atoms with Gasteiger partial charge in [0.1, 0.15) is 0 Å². The Kier molecular flexibility index (Phi) is 9.00. The van der Waals surface area contributed by atoms with Gasteiger partial charge >= 0.3 is 15.0 Å². The van der Waals surface area contributed by atoms with Crippen molar-refractivity contribution in [2.75, 3.05) is 20.8 Å². The Hall–Kier alpha value is -0.476. The maximum absolute atomic E-state index is 10.9. The summed E-state index contributed by atoms with van der Waals surface area (Å²) in [7, 11) is -0.523. The third-order valence-corrected chi connectivity index (χ3v) is 3.31. The van der Waals surface area contributed by atoms with Crippen molar-refractivity contribution in [1.29, 1.82) is 0 Å². The van der Waals surface area contributed by atoms with E-state index in [0.29, 0.717) is 6.61 Å². The van der Waals surface area contributed by atoms with Crippen LogP contribution in [0.5, 0.6) is 0 Å². The quantitative estimate of drug-likeness (QED) is 0.440. The molecule has 0 radical (unpaired) electrons. The second kappa shape index (κ2) is 7.88. The van der Waals surface area contributed by atoms with Crippen LogP contribution in [0.15, 0.2) is 12.7 Å². The van der Waals surface area contributed by atoms with Crippen molar-refractivity contribution in [3.63, 3.8) is 0 Å². The monoisotopic (exact) mass is 238 g/mol. The van der Waals surface area contributed by atoms with Crippen LogP contribution < -0.4 is 0 Å². The van der Waals surface area contributed by atoms with Crippen LogP contribution in [0.1, 0.15) is 6.92 Å². The number of hydrogen-bond donors (Lipinski definition) is 0. The number of hydrogen-bond acceptors (Lipinski definition) is 5. The minimum Gasteiger partial charge on any atom is -0.449 e. The number of carbonyl (C=O) groups excluding carboxylic acids is 1. The second-order valence-corrected chi connectivity index (χ2v) is 4.28. The average Bonchev–Trinajstić information content (AvgIpc) is 2.17. The zero-order valence-electron chi connectivity index (χ0n) is 8.03. The first-order valence-electron chi connectivity index (χ1n) is 3.73. The highest BCUT2D eigenvalue weighted by molar-refractivity contribution is 6.55. The van der Waals surface area contributed by atoms with Gasteiger partial charge in [0.05, 0.1) is 0 Å². The lowest BCUT2D eigenvalue weighted by Crippen LogP contribution is -2.48. The summed E-state index contributed by atoms with van der Waals surface area (Å²) in [5.41, 5.74) is 0. The third-order valence-electron chi connectivity index (χ3n) is 1.21. The largest absolute Gasteiger partial charge is 0.751 e. The smallest absolute Gasteiger partial charge is 0.449 e. The van der Waals surface area contributed by atoms with Gasteiger partial charge in [-0.1, -0.05) is 6.58 Å². The first kappa shape index (κ1) is 16.0. The summed E-state index contributed by atoms with van der Waals surface area (Å²) < 4.78 is 19.8. The molecule has 0 aromatic carbocycles. The summed E-state index contributed by atoms with van der Waals surface area (Å²) in [5, 5.41) is 0. The summed E-state index contributed by atoms with van der Waals surface area (Å²) in [4.78, 5) is 10.9. The molecule has 0 unspecified atom stereocenters. The van der Waals surface area contributed by atoms with Gasteiger partial charge in [-0.3, -0.25) is 0 Å². The van der Waals surface area contributed by atoms with Crippen LogP contribution >= 0.6 is 0 Å². The second-order valence-electron chi connectivity index (χ2n) is 1.97. The first-order chi connectivity index (χ1) is 6.14. The summed E-state index contributed by atoms with van der Waals surface area (Å²) in [6.45, 7) is 5.35. The molecule has 84 valence electrons. The van der Waals surface area contributed by atoms with Crippen LogP contribution in [-0.2, 0) is 22.5 Å². The molecule has 0 atom stereocenters. The Morgan fingerprint density at radius 1 is 1.43 bits per heavy atom. The molecule has 0 spiro atoms. The van der Waals surface area contributed by atoms with Crippen LogP contribution in [-0.4, -0.2) is 46.8 Å². The third kappa shape index (κ3) is 4.67. The maximum atomic E-state index is 10.9. The molecule has 0 saturated carbocycles. The summed E-state index contributed by atoms with van der Waals surface area (Å²) in [6, 6.07) is 0. The van der Waals surface area contributed by atoms with Crippen LogP contribution in [0, 0.1) is 0 Å². The zero-order valence-corrected chi connectivity index (χ0v) is 9.03. The van der Waals surface area contributed by atoms with E-state index < -0.39 is 15.0 Å². The van der Waals surface area contributed by atoms with Gasteiger partial charge in [0, 0.05) is 26.9 Å². The van der Waals surface area contributed by atoms with Gasteiger partial charge in [0.25, 0.3) is 0 Å². The highest BCUT2D eigenvalue weighted by Gasteiger charge is 2.47. The lowest BCUT2D eigenvalue weighted by Gasteiger charge is -2.22. The molecule has 0 rings (SSSR count). The average molecular weight is 238 g/mol. The van der Waals surface area contributed by atoms with Gasteiger partial charge in [0.2, 0.25) is 0 Å². The van der Waals surface area contributed by atoms with E-state index in [9.17, 15) is 4.79 Å². The number of carbonyl (C=O) groups is 1. The molecule has 0 bridgehead atoms. The van der Waals surface area contributed by atoms with Crippen molar-refractivity contribution in [2.45, 2.75) is 6.92 Å². The maximum Gasteiger partial charge on any atom is 0.751 e. The fourth-order valence-electron chi connectivity index (χ4n) is 0.656. The van der Waals surface area contributed by atoms with Crippen LogP contribution in [0.25, 0.3) is 0 Å².